The molecule has 2 atom stereocenters. The van der Waals surface area contributed by atoms with Crippen molar-refractivity contribution in [2.75, 3.05) is 41.0 Å². The highest BCUT2D eigenvalue weighted by Crippen LogP contribution is 2.39. The summed E-state index contributed by atoms with van der Waals surface area (Å²) in [7, 11) is 4.34. The first kappa shape index (κ1) is 19.8. The van der Waals surface area contributed by atoms with E-state index < -0.39 is 5.97 Å². The predicted octanol–water partition coefficient (Wildman–Crippen LogP) is 1.51. The molecule has 0 spiro atoms. The Morgan fingerprint density at radius 3 is 2.19 bits per heavy atom. The van der Waals surface area contributed by atoms with Crippen molar-refractivity contribution >= 4 is 11.9 Å². The molecule has 1 aromatic carbocycles. The van der Waals surface area contributed by atoms with Crippen molar-refractivity contribution in [2.24, 2.45) is 0 Å². The summed E-state index contributed by atoms with van der Waals surface area (Å²) in [5.74, 6) is -0.0388. The molecule has 0 saturated carbocycles. The number of benzene rings is 1. The van der Waals surface area contributed by atoms with Crippen molar-refractivity contribution in [3.05, 3.63) is 17.7 Å². The van der Waals surface area contributed by atoms with Crippen LogP contribution in [0.3, 0.4) is 0 Å². The molecule has 2 rings (SSSR count). The fourth-order valence-electron chi connectivity index (χ4n) is 2.94. The van der Waals surface area contributed by atoms with Crippen molar-refractivity contribution in [1.82, 2.24) is 4.90 Å². The molecule has 26 heavy (non-hydrogen) atoms. The molecule has 0 aliphatic carbocycles. The van der Waals surface area contributed by atoms with Gasteiger partial charge in [-0.25, -0.2) is 4.79 Å². The van der Waals surface area contributed by atoms with E-state index in [0.29, 0.717) is 18.8 Å². The second kappa shape index (κ2) is 8.75. The summed E-state index contributed by atoms with van der Waals surface area (Å²) in [5, 5.41) is 0. The molecule has 0 unspecified atom stereocenters. The van der Waals surface area contributed by atoms with Crippen LogP contribution in [0.1, 0.15) is 24.2 Å². The van der Waals surface area contributed by atoms with Gasteiger partial charge < -0.3 is 28.6 Å². The Bertz CT molecular complexity index is 651. The van der Waals surface area contributed by atoms with Gasteiger partial charge in [-0.3, -0.25) is 4.79 Å². The molecule has 8 nitrogen and oxygen atoms in total. The lowest BCUT2D eigenvalue weighted by Gasteiger charge is -2.35. The topological polar surface area (TPSA) is 83.5 Å². The van der Waals surface area contributed by atoms with Gasteiger partial charge in [-0.2, -0.15) is 0 Å². The first-order chi connectivity index (χ1) is 12.4. The SMILES string of the molecule is COc1ccc(C(=O)OCC(=O)N2C[C@@H](C)O[C@H](C)C2)c(OC)c1OC. The minimum absolute atomic E-state index is 0.0515. The minimum Gasteiger partial charge on any atom is -0.493 e. The average molecular weight is 367 g/mol. The minimum atomic E-state index is -0.675. The van der Waals surface area contributed by atoms with Crippen molar-refractivity contribution in [2.45, 2.75) is 26.1 Å². The molecule has 1 aliphatic heterocycles. The van der Waals surface area contributed by atoms with Gasteiger partial charge in [-0.05, 0) is 26.0 Å². The molecule has 0 aromatic heterocycles. The zero-order valence-electron chi connectivity index (χ0n) is 15.7. The maximum absolute atomic E-state index is 12.4. The monoisotopic (exact) mass is 367 g/mol. The van der Waals surface area contributed by atoms with Gasteiger partial charge >= 0.3 is 5.97 Å². The van der Waals surface area contributed by atoms with Crippen molar-refractivity contribution in [3.8, 4) is 17.2 Å². The normalized spacial score (nSPS) is 19.7. The number of ether oxygens (including phenoxy) is 5. The van der Waals surface area contributed by atoms with Crippen LogP contribution in [-0.4, -0.2) is 70.0 Å². The van der Waals surface area contributed by atoms with Gasteiger partial charge in [0.1, 0.15) is 5.56 Å². The van der Waals surface area contributed by atoms with Crippen LogP contribution in [0, 0.1) is 0 Å². The van der Waals surface area contributed by atoms with E-state index in [1.165, 1.54) is 27.4 Å². The lowest BCUT2D eigenvalue weighted by molar-refractivity contribution is -0.146. The van der Waals surface area contributed by atoms with Crippen LogP contribution in [0.4, 0.5) is 0 Å². The van der Waals surface area contributed by atoms with Crippen LogP contribution in [-0.2, 0) is 14.3 Å². The summed E-state index contributed by atoms with van der Waals surface area (Å²) >= 11 is 0. The number of hydrogen-bond donors (Lipinski definition) is 0. The van der Waals surface area contributed by atoms with E-state index in [1.807, 2.05) is 13.8 Å². The summed E-state index contributed by atoms with van der Waals surface area (Å²) in [6.07, 6.45) is -0.103. The summed E-state index contributed by atoms with van der Waals surface area (Å²) in [6.45, 7) is 4.39. The number of carbonyl (C=O) groups excluding carboxylic acids is 2. The maximum Gasteiger partial charge on any atom is 0.342 e. The van der Waals surface area contributed by atoms with E-state index in [2.05, 4.69) is 0 Å². The van der Waals surface area contributed by atoms with Gasteiger partial charge in [0, 0.05) is 13.1 Å². The lowest BCUT2D eigenvalue weighted by Crippen LogP contribution is -2.49. The summed E-state index contributed by atoms with van der Waals surface area (Å²) in [6, 6.07) is 3.08. The van der Waals surface area contributed by atoms with Crippen molar-refractivity contribution in [1.29, 1.82) is 0 Å². The first-order valence-corrected chi connectivity index (χ1v) is 8.30. The van der Waals surface area contributed by atoms with Crippen LogP contribution in [0.25, 0.3) is 0 Å². The summed E-state index contributed by atoms with van der Waals surface area (Å²) in [5.41, 5.74) is 0.154. The Labute approximate surface area is 152 Å². The Hall–Kier alpha value is -2.48. The van der Waals surface area contributed by atoms with Gasteiger partial charge in [0.25, 0.3) is 5.91 Å². The molecule has 0 radical (unpaired) electrons. The van der Waals surface area contributed by atoms with E-state index in [0.717, 1.165) is 0 Å². The van der Waals surface area contributed by atoms with Gasteiger partial charge in [0.05, 0.1) is 33.5 Å². The molecule has 1 aliphatic rings. The highest BCUT2D eigenvalue weighted by atomic mass is 16.5. The number of morpholine rings is 1. The molecule has 1 fully saturated rings. The molecule has 1 saturated heterocycles. The second-order valence-corrected chi connectivity index (χ2v) is 6.01. The van der Waals surface area contributed by atoms with Crippen molar-refractivity contribution in [3.63, 3.8) is 0 Å². The third kappa shape index (κ3) is 4.37. The smallest absolute Gasteiger partial charge is 0.342 e. The largest absolute Gasteiger partial charge is 0.493 e. The van der Waals surface area contributed by atoms with Gasteiger partial charge in [0.2, 0.25) is 5.75 Å². The number of hydrogen-bond acceptors (Lipinski definition) is 7. The molecular weight excluding hydrogens is 342 g/mol. The van der Waals surface area contributed by atoms with E-state index in [9.17, 15) is 9.59 Å². The highest BCUT2D eigenvalue weighted by molar-refractivity contribution is 5.95. The Balaban J connectivity index is 2.07. The third-order valence-electron chi connectivity index (χ3n) is 4.02. The fourth-order valence-corrected chi connectivity index (χ4v) is 2.94. The number of carbonyl (C=O) groups is 2. The van der Waals surface area contributed by atoms with Gasteiger partial charge in [-0.1, -0.05) is 0 Å². The van der Waals surface area contributed by atoms with Crippen LogP contribution in [0.5, 0.6) is 17.2 Å². The van der Waals surface area contributed by atoms with E-state index in [4.69, 9.17) is 23.7 Å². The molecule has 8 heteroatoms. The van der Waals surface area contributed by atoms with Crippen LogP contribution in [0.2, 0.25) is 0 Å². The Morgan fingerprint density at radius 1 is 1.04 bits per heavy atom. The first-order valence-electron chi connectivity index (χ1n) is 8.30. The molecule has 1 amide bonds. The quantitative estimate of drug-likeness (QED) is 0.705. The second-order valence-electron chi connectivity index (χ2n) is 6.01. The molecule has 0 N–H and O–H groups in total. The number of esters is 1. The van der Waals surface area contributed by atoms with E-state index >= 15 is 0 Å². The number of nitrogens with zero attached hydrogens (tertiary/aromatic N) is 1. The number of amides is 1. The van der Waals surface area contributed by atoms with E-state index in [-0.39, 0.29) is 41.8 Å². The fraction of sp³-hybridized carbons (Fsp3) is 0.556. The molecule has 0 bridgehead atoms. The number of methoxy groups -OCH3 is 3. The van der Waals surface area contributed by atoms with E-state index in [1.54, 1.807) is 11.0 Å². The number of rotatable bonds is 6. The zero-order valence-corrected chi connectivity index (χ0v) is 15.7. The lowest BCUT2D eigenvalue weighted by atomic mass is 10.1. The Morgan fingerprint density at radius 2 is 1.65 bits per heavy atom. The van der Waals surface area contributed by atoms with Crippen LogP contribution < -0.4 is 14.2 Å². The zero-order chi connectivity index (χ0) is 19.3. The van der Waals surface area contributed by atoms with Crippen LogP contribution >= 0.6 is 0 Å². The van der Waals surface area contributed by atoms with Crippen LogP contribution in [0.15, 0.2) is 12.1 Å². The molecular formula is C18H25NO7. The average Bonchev–Trinajstić information content (AvgIpc) is 2.63. The highest BCUT2D eigenvalue weighted by Gasteiger charge is 2.27. The third-order valence-corrected chi connectivity index (χ3v) is 4.02. The molecule has 144 valence electrons. The van der Waals surface area contributed by atoms with Crippen molar-refractivity contribution < 1.29 is 33.3 Å². The predicted molar refractivity (Wildman–Crippen MR) is 93.0 cm³/mol. The van der Waals surface area contributed by atoms with Gasteiger partial charge in [0.15, 0.2) is 18.1 Å². The molecule has 1 aromatic rings. The molecule has 1 heterocycles. The maximum atomic E-state index is 12.4. The Kier molecular flexibility index (Phi) is 6.68. The summed E-state index contributed by atoms with van der Waals surface area (Å²) < 4.78 is 26.5. The standard InChI is InChI=1S/C18H25NO7/c1-11-8-19(9-12(2)26-11)15(20)10-25-18(21)13-6-7-14(22-3)17(24-5)16(13)23-4/h6-7,11-12H,8-10H2,1-5H3/t11-,12-/m1/s1. The van der Waals surface area contributed by atoms with Gasteiger partial charge in [-0.15, -0.1) is 0 Å². The summed E-state index contributed by atoms with van der Waals surface area (Å²) in [4.78, 5) is 26.4.